The number of amides is 1. The number of ether oxygens (including phenoxy) is 2. The van der Waals surface area contributed by atoms with Crippen LogP contribution in [-0.2, 0) is 6.61 Å². The van der Waals surface area contributed by atoms with Crippen molar-refractivity contribution in [3.05, 3.63) is 87.4 Å². The lowest BCUT2D eigenvalue weighted by Gasteiger charge is -2.16. The van der Waals surface area contributed by atoms with Gasteiger partial charge in [0.2, 0.25) is 0 Å². The summed E-state index contributed by atoms with van der Waals surface area (Å²) in [5, 5.41) is 3.49. The molecule has 4 nitrogen and oxygen atoms in total. The number of anilines is 1. The molecule has 0 saturated carbocycles. The van der Waals surface area contributed by atoms with Crippen LogP contribution in [0.1, 0.15) is 48.2 Å². The van der Waals surface area contributed by atoms with Gasteiger partial charge in [0.05, 0.1) is 22.3 Å². The molecule has 1 amide bonds. The second-order valence-electron chi connectivity index (χ2n) is 7.29. The van der Waals surface area contributed by atoms with Crippen molar-refractivity contribution in [2.24, 2.45) is 0 Å². The molecule has 0 fully saturated rings. The number of carbonyl (C=O) groups excluding carboxylic acids is 1. The van der Waals surface area contributed by atoms with E-state index in [0.29, 0.717) is 39.6 Å². The minimum absolute atomic E-state index is 0.276. The van der Waals surface area contributed by atoms with E-state index in [2.05, 4.69) is 25.2 Å². The fraction of sp³-hybridized carbons (Fsp3) is 0.240. The first-order chi connectivity index (χ1) is 14.9. The maximum absolute atomic E-state index is 12.8. The fourth-order valence-electron chi connectivity index (χ4n) is 3.17. The Morgan fingerprint density at radius 1 is 0.968 bits per heavy atom. The van der Waals surface area contributed by atoms with Crippen molar-refractivity contribution < 1.29 is 14.3 Å². The number of nitrogens with one attached hydrogen (secondary N) is 1. The van der Waals surface area contributed by atoms with Crippen LogP contribution in [-0.4, -0.2) is 12.5 Å². The summed E-state index contributed by atoms with van der Waals surface area (Å²) in [5.41, 5.74) is 2.84. The SMILES string of the molecule is CCOc1ccc(C(=O)Nc2cccc(Cl)c2Cl)cc1COc1ccccc1C(C)C. The van der Waals surface area contributed by atoms with E-state index in [1.165, 1.54) is 0 Å². The van der Waals surface area contributed by atoms with E-state index < -0.39 is 0 Å². The highest BCUT2D eigenvalue weighted by Crippen LogP contribution is 2.31. The van der Waals surface area contributed by atoms with Gasteiger partial charge >= 0.3 is 0 Å². The molecule has 3 aromatic carbocycles. The lowest BCUT2D eigenvalue weighted by atomic mass is 10.0. The zero-order valence-corrected chi connectivity index (χ0v) is 19.3. The molecule has 31 heavy (non-hydrogen) atoms. The van der Waals surface area contributed by atoms with Gasteiger partial charge in [-0.05, 0) is 54.8 Å². The average Bonchev–Trinajstić information content (AvgIpc) is 2.76. The average molecular weight is 458 g/mol. The molecule has 0 aromatic heterocycles. The molecule has 0 spiro atoms. The number of halogens is 2. The van der Waals surface area contributed by atoms with Crippen LogP contribution < -0.4 is 14.8 Å². The summed E-state index contributed by atoms with van der Waals surface area (Å²) in [7, 11) is 0. The number of rotatable bonds is 8. The monoisotopic (exact) mass is 457 g/mol. The topological polar surface area (TPSA) is 47.6 Å². The van der Waals surface area contributed by atoms with E-state index in [1.54, 1.807) is 36.4 Å². The van der Waals surface area contributed by atoms with Crippen molar-refractivity contribution in [2.75, 3.05) is 11.9 Å². The predicted molar refractivity (Wildman–Crippen MR) is 127 cm³/mol. The summed E-state index contributed by atoms with van der Waals surface area (Å²) in [6, 6.07) is 18.3. The summed E-state index contributed by atoms with van der Waals surface area (Å²) in [5.74, 6) is 1.54. The molecule has 162 valence electrons. The van der Waals surface area contributed by atoms with Gasteiger partial charge in [-0.25, -0.2) is 0 Å². The fourth-order valence-corrected chi connectivity index (χ4v) is 3.52. The summed E-state index contributed by atoms with van der Waals surface area (Å²) < 4.78 is 11.8. The molecule has 1 N–H and O–H groups in total. The molecule has 0 saturated heterocycles. The minimum Gasteiger partial charge on any atom is -0.493 e. The molecule has 0 bridgehead atoms. The maximum Gasteiger partial charge on any atom is 0.255 e. The van der Waals surface area contributed by atoms with Gasteiger partial charge in [0, 0.05) is 11.1 Å². The van der Waals surface area contributed by atoms with Crippen molar-refractivity contribution >= 4 is 34.8 Å². The highest BCUT2D eigenvalue weighted by atomic mass is 35.5. The van der Waals surface area contributed by atoms with E-state index in [-0.39, 0.29) is 12.5 Å². The normalized spacial score (nSPS) is 10.8. The molecule has 0 aliphatic heterocycles. The number of para-hydroxylation sites is 1. The molecular weight excluding hydrogens is 433 g/mol. The van der Waals surface area contributed by atoms with Crippen LogP contribution >= 0.6 is 23.2 Å². The number of benzene rings is 3. The molecule has 3 rings (SSSR count). The first-order valence-corrected chi connectivity index (χ1v) is 10.9. The largest absolute Gasteiger partial charge is 0.493 e. The molecule has 0 radical (unpaired) electrons. The van der Waals surface area contributed by atoms with Crippen molar-refractivity contribution in [1.82, 2.24) is 0 Å². The second kappa shape index (κ2) is 10.6. The van der Waals surface area contributed by atoms with Crippen molar-refractivity contribution in [1.29, 1.82) is 0 Å². The molecular formula is C25H25Cl2NO3. The van der Waals surface area contributed by atoms with Crippen LogP contribution in [0, 0.1) is 0 Å². The smallest absolute Gasteiger partial charge is 0.255 e. The van der Waals surface area contributed by atoms with Gasteiger partial charge in [-0.1, -0.05) is 61.3 Å². The third kappa shape index (κ3) is 5.72. The lowest BCUT2D eigenvalue weighted by molar-refractivity contribution is 0.102. The van der Waals surface area contributed by atoms with Crippen LogP contribution in [0.4, 0.5) is 5.69 Å². The van der Waals surface area contributed by atoms with Crippen LogP contribution in [0.5, 0.6) is 11.5 Å². The van der Waals surface area contributed by atoms with Gasteiger partial charge in [-0.2, -0.15) is 0 Å². The molecule has 0 heterocycles. The van der Waals surface area contributed by atoms with Crippen molar-refractivity contribution in [3.8, 4) is 11.5 Å². The zero-order chi connectivity index (χ0) is 22.4. The molecule has 3 aromatic rings. The lowest BCUT2D eigenvalue weighted by Crippen LogP contribution is -2.13. The van der Waals surface area contributed by atoms with Gasteiger partial charge in [-0.3, -0.25) is 4.79 Å². The Morgan fingerprint density at radius 3 is 2.48 bits per heavy atom. The summed E-state index contributed by atoms with van der Waals surface area (Å²) in [6.45, 7) is 6.96. The Kier molecular flexibility index (Phi) is 7.83. The molecule has 0 aliphatic rings. The van der Waals surface area contributed by atoms with E-state index >= 15 is 0 Å². The Morgan fingerprint density at radius 2 is 1.74 bits per heavy atom. The Bertz CT molecular complexity index is 1070. The molecule has 0 unspecified atom stereocenters. The van der Waals surface area contributed by atoms with Gasteiger partial charge in [-0.15, -0.1) is 0 Å². The van der Waals surface area contributed by atoms with Crippen LogP contribution in [0.3, 0.4) is 0 Å². The van der Waals surface area contributed by atoms with E-state index in [0.717, 1.165) is 16.9 Å². The van der Waals surface area contributed by atoms with E-state index in [9.17, 15) is 4.79 Å². The highest BCUT2D eigenvalue weighted by Gasteiger charge is 2.15. The second-order valence-corrected chi connectivity index (χ2v) is 8.08. The van der Waals surface area contributed by atoms with Gasteiger partial charge < -0.3 is 14.8 Å². The first-order valence-electron chi connectivity index (χ1n) is 10.1. The summed E-state index contributed by atoms with van der Waals surface area (Å²) in [4.78, 5) is 12.8. The Labute approximate surface area is 193 Å². The standard InChI is InChI=1S/C25H25Cl2NO3/c1-4-30-22-13-12-17(25(29)28-21-10-7-9-20(26)24(21)27)14-18(22)15-31-23-11-6-5-8-19(23)16(2)3/h5-14,16H,4,15H2,1-3H3,(H,28,29). The number of carbonyl (C=O) groups is 1. The Hall–Kier alpha value is -2.69. The highest BCUT2D eigenvalue weighted by molar-refractivity contribution is 6.44. The van der Waals surface area contributed by atoms with Gasteiger partial charge in [0.1, 0.15) is 18.1 Å². The predicted octanol–water partition coefficient (Wildman–Crippen LogP) is 7.35. The van der Waals surface area contributed by atoms with Gasteiger partial charge in [0.15, 0.2) is 0 Å². The molecule has 0 aliphatic carbocycles. The van der Waals surface area contributed by atoms with E-state index in [4.69, 9.17) is 32.7 Å². The Balaban J connectivity index is 1.84. The van der Waals surface area contributed by atoms with Crippen LogP contribution in [0.15, 0.2) is 60.7 Å². The molecule has 6 heteroatoms. The maximum atomic E-state index is 12.8. The summed E-state index contributed by atoms with van der Waals surface area (Å²) in [6.07, 6.45) is 0. The van der Waals surface area contributed by atoms with Crippen LogP contribution in [0.25, 0.3) is 0 Å². The van der Waals surface area contributed by atoms with Crippen LogP contribution in [0.2, 0.25) is 10.0 Å². The molecule has 0 atom stereocenters. The van der Waals surface area contributed by atoms with Gasteiger partial charge in [0.25, 0.3) is 5.91 Å². The number of hydrogen-bond donors (Lipinski definition) is 1. The number of hydrogen-bond acceptors (Lipinski definition) is 3. The third-order valence-electron chi connectivity index (χ3n) is 4.75. The quantitative estimate of drug-likeness (QED) is 0.384. The van der Waals surface area contributed by atoms with Crippen molar-refractivity contribution in [3.63, 3.8) is 0 Å². The van der Waals surface area contributed by atoms with Crippen molar-refractivity contribution in [2.45, 2.75) is 33.3 Å². The minimum atomic E-state index is -0.295. The summed E-state index contributed by atoms with van der Waals surface area (Å²) >= 11 is 12.2. The van der Waals surface area contributed by atoms with E-state index in [1.807, 2.05) is 25.1 Å². The zero-order valence-electron chi connectivity index (χ0n) is 17.7. The third-order valence-corrected chi connectivity index (χ3v) is 5.57. The first kappa shape index (κ1) is 23.0.